The molecule has 1 aromatic rings. The predicted octanol–water partition coefficient (Wildman–Crippen LogP) is 2.90. The number of nitrogens with two attached hydrogens (primary N) is 1. The van der Waals surface area contributed by atoms with Gasteiger partial charge in [-0.15, -0.1) is 10.2 Å². The average Bonchev–Trinajstić information content (AvgIpc) is 3.16. The monoisotopic (exact) mass is 403 g/mol. The Labute approximate surface area is 172 Å². The Morgan fingerprint density at radius 1 is 1.11 bits per heavy atom. The highest BCUT2D eigenvalue weighted by Crippen LogP contribution is 2.29. The van der Waals surface area contributed by atoms with Crippen LogP contribution in [0.2, 0.25) is 5.02 Å². The van der Waals surface area contributed by atoms with E-state index in [4.69, 9.17) is 22.1 Å². The molecule has 2 N–H and O–H groups in total. The van der Waals surface area contributed by atoms with Crippen molar-refractivity contribution in [3.63, 3.8) is 0 Å². The van der Waals surface area contributed by atoms with E-state index in [1.165, 1.54) is 5.56 Å². The number of rotatable bonds is 4. The zero-order valence-corrected chi connectivity index (χ0v) is 17.3. The lowest BCUT2D eigenvalue weighted by molar-refractivity contribution is -0.0159. The molecule has 28 heavy (non-hydrogen) atoms. The Morgan fingerprint density at radius 2 is 1.86 bits per heavy atom. The third kappa shape index (κ3) is 4.50. The van der Waals surface area contributed by atoms with Crippen LogP contribution in [0, 0.1) is 0 Å². The highest BCUT2D eigenvalue weighted by molar-refractivity contribution is 6.30. The van der Waals surface area contributed by atoms with Crippen molar-refractivity contribution in [3.05, 3.63) is 34.9 Å². The second-order valence-electron chi connectivity index (χ2n) is 8.11. The lowest BCUT2D eigenvalue weighted by Gasteiger charge is -2.46. The van der Waals surface area contributed by atoms with Gasteiger partial charge < -0.3 is 15.4 Å². The van der Waals surface area contributed by atoms with Crippen LogP contribution in [0.25, 0.3) is 0 Å². The summed E-state index contributed by atoms with van der Waals surface area (Å²) in [5.41, 5.74) is 7.13. The average molecular weight is 404 g/mol. The minimum Gasteiger partial charge on any atom is -0.385 e. The molecule has 1 unspecified atom stereocenters. The molecule has 7 heteroatoms. The van der Waals surface area contributed by atoms with Crippen LogP contribution in [0.3, 0.4) is 0 Å². The Bertz CT molecular complexity index is 727. The number of methoxy groups -OCH3 is 1. The van der Waals surface area contributed by atoms with Crippen LogP contribution >= 0.6 is 11.6 Å². The molecule has 4 rings (SSSR count). The Morgan fingerprint density at radius 3 is 2.50 bits per heavy atom. The molecule has 0 spiro atoms. The van der Waals surface area contributed by atoms with E-state index < -0.39 is 0 Å². The van der Waals surface area contributed by atoms with Gasteiger partial charge in [0.05, 0.1) is 12.5 Å². The zero-order chi connectivity index (χ0) is 19.5. The molecule has 2 saturated heterocycles. The van der Waals surface area contributed by atoms with Crippen molar-refractivity contribution < 1.29 is 4.74 Å². The Balaban J connectivity index is 1.39. The van der Waals surface area contributed by atoms with Gasteiger partial charge in [-0.2, -0.15) is 0 Å². The van der Waals surface area contributed by atoms with E-state index in [1.54, 1.807) is 0 Å². The smallest absolute Gasteiger partial charge is 0.135 e. The van der Waals surface area contributed by atoms with Gasteiger partial charge in [-0.1, -0.05) is 23.7 Å². The fourth-order valence-electron chi connectivity index (χ4n) is 4.81. The summed E-state index contributed by atoms with van der Waals surface area (Å²) in [4.78, 5) is 5.10. The van der Waals surface area contributed by atoms with Gasteiger partial charge in [-0.3, -0.25) is 4.90 Å². The van der Waals surface area contributed by atoms with E-state index in [0.29, 0.717) is 30.4 Å². The third-order valence-corrected chi connectivity index (χ3v) is 6.61. The first-order valence-corrected chi connectivity index (χ1v) is 10.7. The highest BCUT2D eigenvalue weighted by atomic mass is 35.5. The van der Waals surface area contributed by atoms with Gasteiger partial charge >= 0.3 is 0 Å². The molecule has 1 aromatic carbocycles. The summed E-state index contributed by atoms with van der Waals surface area (Å²) in [5.74, 6) is 1.66. The standard InChI is InChI=1S/C21H30ClN5O/c1-28-19-8-11-27(18(13-19)12-15-2-4-16(22)5-3-15)17-6-9-26(10-7-17)21-14-20(23)24-25-21/h2-5,17-19H,6-14H2,1H3,(H2,23,24)/t18?,19-/m1/s1. The van der Waals surface area contributed by atoms with Crippen LogP contribution in [0.4, 0.5) is 0 Å². The molecule has 0 saturated carbocycles. The molecule has 0 aromatic heterocycles. The number of amidine groups is 2. The minimum absolute atomic E-state index is 0.363. The number of nitrogens with zero attached hydrogens (tertiary/aromatic N) is 4. The number of halogens is 1. The molecule has 6 nitrogen and oxygen atoms in total. The van der Waals surface area contributed by atoms with Crippen LogP contribution in [0.5, 0.6) is 0 Å². The molecular weight excluding hydrogens is 374 g/mol. The molecule has 0 radical (unpaired) electrons. The predicted molar refractivity (Wildman–Crippen MR) is 114 cm³/mol. The van der Waals surface area contributed by atoms with Crippen molar-refractivity contribution in [1.82, 2.24) is 9.80 Å². The number of piperidine rings is 2. The molecule has 3 aliphatic heterocycles. The lowest BCUT2D eigenvalue weighted by Crippen LogP contribution is -2.54. The van der Waals surface area contributed by atoms with E-state index in [9.17, 15) is 0 Å². The van der Waals surface area contributed by atoms with Gasteiger partial charge in [-0.25, -0.2) is 0 Å². The van der Waals surface area contributed by atoms with Gasteiger partial charge in [0.1, 0.15) is 11.7 Å². The van der Waals surface area contributed by atoms with Crippen LogP contribution in [0.1, 0.15) is 37.7 Å². The van der Waals surface area contributed by atoms with E-state index >= 15 is 0 Å². The fourth-order valence-corrected chi connectivity index (χ4v) is 4.93. The summed E-state index contributed by atoms with van der Waals surface area (Å²) in [6.07, 6.45) is 6.64. The van der Waals surface area contributed by atoms with Crippen molar-refractivity contribution in [2.45, 2.75) is 56.7 Å². The summed E-state index contributed by atoms with van der Waals surface area (Å²) in [6, 6.07) is 9.43. The zero-order valence-electron chi connectivity index (χ0n) is 16.6. The van der Waals surface area contributed by atoms with Crippen molar-refractivity contribution in [1.29, 1.82) is 0 Å². The molecular formula is C21H30ClN5O. The van der Waals surface area contributed by atoms with E-state index in [0.717, 1.165) is 62.6 Å². The number of hydrogen-bond donors (Lipinski definition) is 1. The highest BCUT2D eigenvalue weighted by Gasteiger charge is 2.35. The molecule has 2 fully saturated rings. The quantitative estimate of drug-likeness (QED) is 0.839. The van der Waals surface area contributed by atoms with E-state index in [2.05, 4.69) is 32.1 Å². The van der Waals surface area contributed by atoms with Gasteiger partial charge in [-0.05, 0) is 49.8 Å². The number of hydrogen-bond acceptors (Lipinski definition) is 6. The molecule has 0 amide bonds. The van der Waals surface area contributed by atoms with Gasteiger partial charge in [0.15, 0.2) is 0 Å². The molecule has 3 aliphatic rings. The van der Waals surface area contributed by atoms with Gasteiger partial charge in [0, 0.05) is 43.9 Å². The summed E-state index contributed by atoms with van der Waals surface area (Å²) < 4.78 is 5.71. The first-order chi connectivity index (χ1) is 13.6. The first kappa shape index (κ1) is 19.7. The molecule has 152 valence electrons. The number of benzene rings is 1. The number of ether oxygens (including phenoxy) is 1. The molecule has 0 aliphatic carbocycles. The summed E-state index contributed by atoms with van der Waals surface area (Å²) >= 11 is 6.07. The largest absolute Gasteiger partial charge is 0.385 e. The summed E-state index contributed by atoms with van der Waals surface area (Å²) in [7, 11) is 1.84. The Hall–Kier alpha value is -1.63. The third-order valence-electron chi connectivity index (χ3n) is 6.36. The molecule has 0 bridgehead atoms. The normalized spacial score (nSPS) is 27.0. The topological polar surface area (TPSA) is 66.5 Å². The lowest BCUT2D eigenvalue weighted by atomic mass is 9.90. The Kier molecular flexibility index (Phi) is 6.19. The van der Waals surface area contributed by atoms with Crippen molar-refractivity contribution in [2.75, 3.05) is 26.7 Å². The van der Waals surface area contributed by atoms with Crippen molar-refractivity contribution >= 4 is 23.3 Å². The number of likely N-dealkylation sites (tertiary alicyclic amines) is 2. The maximum absolute atomic E-state index is 6.07. The van der Waals surface area contributed by atoms with Crippen molar-refractivity contribution in [2.24, 2.45) is 15.9 Å². The molecule has 2 atom stereocenters. The van der Waals surface area contributed by atoms with Crippen LogP contribution < -0.4 is 5.73 Å². The summed E-state index contributed by atoms with van der Waals surface area (Å²) in [5, 5.41) is 9.03. The van der Waals surface area contributed by atoms with Crippen LogP contribution in [-0.4, -0.2) is 66.4 Å². The van der Waals surface area contributed by atoms with Crippen LogP contribution in [0.15, 0.2) is 34.5 Å². The SMILES string of the molecule is CO[C@@H]1CCN(C2CCN(C3=NN=C(N)C3)CC2)C(Cc2ccc(Cl)cc2)C1. The van der Waals surface area contributed by atoms with Gasteiger partial charge in [0.2, 0.25) is 0 Å². The fraction of sp³-hybridized carbons (Fsp3) is 0.619. The van der Waals surface area contributed by atoms with E-state index in [1.807, 2.05) is 19.2 Å². The minimum atomic E-state index is 0.363. The first-order valence-electron chi connectivity index (χ1n) is 10.3. The second kappa shape index (κ2) is 8.80. The van der Waals surface area contributed by atoms with Crippen molar-refractivity contribution in [3.8, 4) is 0 Å². The van der Waals surface area contributed by atoms with Gasteiger partial charge in [0.25, 0.3) is 0 Å². The van der Waals surface area contributed by atoms with E-state index in [-0.39, 0.29) is 0 Å². The summed E-state index contributed by atoms with van der Waals surface area (Å²) in [6.45, 7) is 3.17. The molecule has 3 heterocycles. The van der Waals surface area contributed by atoms with Crippen LogP contribution in [-0.2, 0) is 11.2 Å². The maximum Gasteiger partial charge on any atom is 0.135 e. The second-order valence-corrected chi connectivity index (χ2v) is 8.54. The maximum atomic E-state index is 6.07.